The van der Waals surface area contributed by atoms with Crippen LogP contribution in [0, 0.1) is 31.6 Å². The topological polar surface area (TPSA) is 105 Å². The number of H-pyrrole nitrogens is 1. The maximum absolute atomic E-state index is 13.8. The highest BCUT2D eigenvalue weighted by molar-refractivity contribution is 6.01. The quantitative estimate of drug-likeness (QED) is 0.363. The minimum atomic E-state index is -0.586. The second-order valence-electron chi connectivity index (χ2n) is 11.0. The van der Waals surface area contributed by atoms with E-state index >= 15 is 0 Å². The van der Waals surface area contributed by atoms with Gasteiger partial charge in [0, 0.05) is 29.2 Å². The molecule has 8 heteroatoms. The minimum Gasteiger partial charge on any atom is -0.339 e. The molecule has 2 fully saturated rings. The number of benzene rings is 1. The molecule has 2 aliphatic rings. The predicted octanol–water partition coefficient (Wildman–Crippen LogP) is 5.42. The van der Waals surface area contributed by atoms with Gasteiger partial charge in [0.1, 0.15) is 11.7 Å². The van der Waals surface area contributed by atoms with E-state index in [-0.39, 0.29) is 23.8 Å². The van der Waals surface area contributed by atoms with Gasteiger partial charge in [-0.1, -0.05) is 50.7 Å². The Morgan fingerprint density at radius 1 is 1.00 bits per heavy atom. The normalized spacial score (nSPS) is 16.9. The zero-order chi connectivity index (χ0) is 26.1. The predicted molar refractivity (Wildman–Crippen MR) is 144 cm³/mol. The second-order valence-corrected chi connectivity index (χ2v) is 11.0. The van der Waals surface area contributed by atoms with Gasteiger partial charge >= 0.3 is 0 Å². The monoisotopic (exact) mass is 502 g/mol. The highest BCUT2D eigenvalue weighted by Crippen LogP contribution is 2.46. The number of nitrogens with one attached hydrogen (secondary N) is 3. The highest BCUT2D eigenvalue weighted by Gasteiger charge is 2.44. The first-order valence-electron chi connectivity index (χ1n) is 13.6. The van der Waals surface area contributed by atoms with Crippen LogP contribution >= 0.6 is 0 Å². The summed E-state index contributed by atoms with van der Waals surface area (Å²) in [6.45, 7) is 7.98. The van der Waals surface area contributed by atoms with Gasteiger partial charge in [-0.3, -0.25) is 19.4 Å². The number of hydrogen-bond acceptors (Lipinski definition) is 4. The third-order valence-corrected chi connectivity index (χ3v) is 8.30. The molecule has 2 amide bonds. The van der Waals surface area contributed by atoms with Crippen molar-refractivity contribution in [2.75, 3.05) is 5.32 Å². The second kappa shape index (κ2) is 10.5. The van der Waals surface area contributed by atoms with Crippen molar-refractivity contribution in [2.45, 2.75) is 78.3 Å². The molecule has 0 saturated heterocycles. The van der Waals surface area contributed by atoms with E-state index in [1.54, 1.807) is 16.9 Å². The number of aryl methyl sites for hydroxylation is 2. The van der Waals surface area contributed by atoms with Crippen molar-refractivity contribution in [3.8, 4) is 11.1 Å². The lowest BCUT2D eigenvalue weighted by Gasteiger charge is -2.46. The van der Waals surface area contributed by atoms with Gasteiger partial charge in [-0.25, -0.2) is 0 Å². The fourth-order valence-electron chi connectivity index (χ4n) is 5.95. The average Bonchev–Trinajstić information content (AvgIpc) is 3.42. The molecule has 37 heavy (non-hydrogen) atoms. The molecular weight excluding hydrogens is 464 g/mol. The average molecular weight is 503 g/mol. The van der Waals surface area contributed by atoms with E-state index in [1.165, 1.54) is 12.8 Å². The number of carbonyl (C=O) groups is 2. The van der Waals surface area contributed by atoms with E-state index in [0.29, 0.717) is 17.5 Å². The summed E-state index contributed by atoms with van der Waals surface area (Å²) in [5.41, 5.74) is 5.31. The zero-order valence-electron chi connectivity index (χ0n) is 22.3. The summed E-state index contributed by atoms with van der Waals surface area (Å²) < 4.78 is 1.71. The third-order valence-electron chi connectivity index (χ3n) is 8.30. The Hall–Kier alpha value is -3.42. The first-order chi connectivity index (χ1) is 17.8. The molecule has 2 saturated carbocycles. The van der Waals surface area contributed by atoms with Crippen molar-refractivity contribution >= 4 is 17.5 Å². The van der Waals surface area contributed by atoms with Gasteiger partial charge in [-0.2, -0.15) is 10.2 Å². The van der Waals surface area contributed by atoms with Crippen LogP contribution < -0.4 is 10.6 Å². The Balaban J connectivity index is 1.39. The molecular formula is C29H38N6O2. The van der Waals surface area contributed by atoms with Gasteiger partial charge in [0.2, 0.25) is 5.91 Å². The van der Waals surface area contributed by atoms with Gasteiger partial charge in [-0.15, -0.1) is 0 Å². The van der Waals surface area contributed by atoms with Crippen molar-refractivity contribution in [1.82, 2.24) is 25.3 Å². The number of hydrogen-bond donors (Lipinski definition) is 3. The lowest BCUT2D eigenvalue weighted by molar-refractivity contribution is -0.121. The Bertz CT molecular complexity index is 1220. The molecule has 0 radical (unpaired) electrons. The molecule has 2 heterocycles. The summed E-state index contributed by atoms with van der Waals surface area (Å²) in [6.07, 6.45) is 8.55. The van der Waals surface area contributed by atoms with Crippen LogP contribution in [-0.2, 0) is 4.79 Å². The SMILES string of the molecule is Cc1n[nH]c(C)c1-c1ccc(NC(=O)[C@H](NC(=O)c2ccnn2C(C)C)C(C2CCC2)C2CCC2)cc1. The van der Waals surface area contributed by atoms with Crippen molar-refractivity contribution < 1.29 is 9.59 Å². The highest BCUT2D eigenvalue weighted by atomic mass is 16.2. The Morgan fingerprint density at radius 2 is 1.65 bits per heavy atom. The molecule has 5 rings (SSSR count). The maximum atomic E-state index is 13.8. The van der Waals surface area contributed by atoms with Gasteiger partial charge < -0.3 is 10.6 Å². The van der Waals surface area contributed by atoms with Crippen molar-refractivity contribution in [3.63, 3.8) is 0 Å². The number of nitrogens with zero attached hydrogens (tertiary/aromatic N) is 3. The number of carbonyl (C=O) groups excluding carboxylic acids is 2. The van der Waals surface area contributed by atoms with Crippen molar-refractivity contribution in [1.29, 1.82) is 0 Å². The first kappa shape index (κ1) is 25.2. The number of aromatic amines is 1. The fraction of sp³-hybridized carbons (Fsp3) is 0.517. The smallest absolute Gasteiger partial charge is 0.270 e. The molecule has 3 N–H and O–H groups in total. The molecule has 0 aliphatic heterocycles. The van der Waals surface area contributed by atoms with Crippen LogP contribution in [0.2, 0.25) is 0 Å². The fourth-order valence-corrected chi connectivity index (χ4v) is 5.95. The van der Waals surface area contributed by atoms with Gasteiger partial charge in [0.25, 0.3) is 5.91 Å². The molecule has 3 aromatic rings. The number of rotatable bonds is 9. The molecule has 0 unspecified atom stereocenters. The Morgan fingerprint density at radius 3 is 2.16 bits per heavy atom. The number of anilines is 1. The maximum Gasteiger partial charge on any atom is 0.270 e. The van der Waals surface area contributed by atoms with Crippen LogP contribution in [0.25, 0.3) is 11.1 Å². The number of amides is 2. The summed E-state index contributed by atoms with van der Waals surface area (Å²) in [5, 5.41) is 17.9. The van der Waals surface area contributed by atoms with Gasteiger partial charge in [-0.05, 0) is 69.2 Å². The van der Waals surface area contributed by atoms with E-state index in [9.17, 15) is 9.59 Å². The molecule has 2 aromatic heterocycles. The van der Waals surface area contributed by atoms with E-state index in [4.69, 9.17) is 0 Å². The van der Waals surface area contributed by atoms with E-state index in [2.05, 4.69) is 25.9 Å². The molecule has 1 atom stereocenters. The lowest BCUT2D eigenvalue weighted by atomic mass is 9.62. The molecule has 8 nitrogen and oxygen atoms in total. The summed E-state index contributed by atoms with van der Waals surface area (Å²) in [4.78, 5) is 27.3. The summed E-state index contributed by atoms with van der Waals surface area (Å²) in [5.74, 6) is 0.723. The summed E-state index contributed by atoms with van der Waals surface area (Å²) in [7, 11) is 0. The standard InChI is InChI=1S/C29H38N6O2/c1-17(2)35-24(15-16-30-35)28(36)32-27(26(20-7-5-8-20)21-9-6-10-21)29(37)31-23-13-11-22(12-14-23)25-18(3)33-34-19(25)4/h11-17,20-21,26-27H,5-10H2,1-4H3,(H,31,37)(H,32,36)(H,33,34)/t27-/m1/s1. The summed E-state index contributed by atoms with van der Waals surface area (Å²) in [6, 6.07) is 9.05. The van der Waals surface area contributed by atoms with Crippen LogP contribution in [-0.4, -0.2) is 37.8 Å². The Labute approximate surface area is 218 Å². The molecule has 1 aromatic carbocycles. The molecule has 0 spiro atoms. The largest absolute Gasteiger partial charge is 0.339 e. The number of aromatic nitrogens is 4. The summed E-state index contributed by atoms with van der Waals surface area (Å²) >= 11 is 0. The van der Waals surface area contributed by atoms with Crippen LogP contribution in [0.15, 0.2) is 36.5 Å². The van der Waals surface area contributed by atoms with Crippen LogP contribution in [0.3, 0.4) is 0 Å². The van der Waals surface area contributed by atoms with Crippen LogP contribution in [0.4, 0.5) is 5.69 Å². The van der Waals surface area contributed by atoms with E-state index < -0.39 is 6.04 Å². The van der Waals surface area contributed by atoms with Crippen LogP contribution in [0.1, 0.15) is 80.3 Å². The van der Waals surface area contributed by atoms with Gasteiger partial charge in [0.05, 0.1) is 5.69 Å². The third kappa shape index (κ3) is 5.06. The van der Waals surface area contributed by atoms with Crippen molar-refractivity contribution in [3.05, 3.63) is 53.6 Å². The Kier molecular flexibility index (Phi) is 7.17. The van der Waals surface area contributed by atoms with Crippen LogP contribution in [0.5, 0.6) is 0 Å². The lowest BCUT2D eigenvalue weighted by Crippen LogP contribution is -2.54. The molecule has 0 bridgehead atoms. The zero-order valence-corrected chi connectivity index (χ0v) is 22.3. The van der Waals surface area contributed by atoms with E-state index in [0.717, 1.165) is 53.9 Å². The van der Waals surface area contributed by atoms with Gasteiger partial charge in [0.15, 0.2) is 0 Å². The first-order valence-corrected chi connectivity index (χ1v) is 13.6. The van der Waals surface area contributed by atoms with Crippen molar-refractivity contribution in [2.24, 2.45) is 17.8 Å². The molecule has 2 aliphatic carbocycles. The van der Waals surface area contributed by atoms with E-state index in [1.807, 2.05) is 52.0 Å². The minimum absolute atomic E-state index is 0.0538. The molecule has 196 valence electrons.